The Kier molecular flexibility index (Phi) is 5.42. The Balaban J connectivity index is 1.30. The third-order valence-corrected chi connectivity index (χ3v) is 9.67. The molecule has 1 aliphatic heterocycles. The van der Waals surface area contributed by atoms with Gasteiger partial charge in [-0.05, 0) is 49.8 Å². The molecule has 0 radical (unpaired) electrons. The molecule has 1 N–H and O–H groups in total. The molecule has 0 unspecified atom stereocenters. The molecule has 4 heterocycles. The highest BCUT2D eigenvalue weighted by atomic mass is 32.2. The van der Waals surface area contributed by atoms with Crippen LogP contribution in [0.5, 0.6) is 0 Å². The van der Waals surface area contributed by atoms with Crippen LogP contribution < -0.4 is 5.56 Å². The molecule has 30 heavy (non-hydrogen) atoms. The molecule has 3 aromatic rings. The normalized spacial score (nSPS) is 17.5. The fourth-order valence-electron chi connectivity index (χ4n) is 4.12. The first kappa shape index (κ1) is 20.2. The number of aromatic nitrogens is 3. The number of hydrogen-bond acceptors (Lipinski definition) is 7. The summed E-state index contributed by atoms with van der Waals surface area (Å²) in [5.41, 5.74) is 1.11. The van der Waals surface area contributed by atoms with Crippen molar-refractivity contribution in [3.8, 4) is 0 Å². The van der Waals surface area contributed by atoms with Crippen LogP contribution in [0.3, 0.4) is 0 Å². The summed E-state index contributed by atoms with van der Waals surface area (Å²) in [7, 11) is -3.47. The van der Waals surface area contributed by atoms with E-state index in [1.54, 1.807) is 27.8 Å². The summed E-state index contributed by atoms with van der Waals surface area (Å²) in [6.07, 6.45) is 7.43. The Bertz CT molecular complexity index is 1240. The Morgan fingerprint density at radius 3 is 2.73 bits per heavy atom. The van der Waals surface area contributed by atoms with Crippen molar-refractivity contribution < 1.29 is 8.42 Å². The second-order valence-electron chi connectivity index (χ2n) is 7.64. The van der Waals surface area contributed by atoms with E-state index in [0.29, 0.717) is 29.7 Å². The first-order chi connectivity index (χ1) is 14.5. The van der Waals surface area contributed by atoms with Crippen molar-refractivity contribution in [2.45, 2.75) is 54.2 Å². The highest BCUT2D eigenvalue weighted by molar-refractivity contribution is 7.98. The van der Waals surface area contributed by atoms with Crippen molar-refractivity contribution in [2.75, 3.05) is 13.1 Å². The molecular formula is C20H22N4O3S3. The molecule has 0 bridgehead atoms. The summed E-state index contributed by atoms with van der Waals surface area (Å²) in [5.74, 6) is 1.09. The number of piperidine rings is 1. The summed E-state index contributed by atoms with van der Waals surface area (Å²) in [4.78, 5) is 26.8. The molecule has 0 saturated carbocycles. The predicted molar refractivity (Wildman–Crippen MR) is 119 cm³/mol. The third-order valence-electron chi connectivity index (χ3n) is 5.64. The number of pyridine rings is 1. The van der Waals surface area contributed by atoms with Crippen LogP contribution in [0.2, 0.25) is 0 Å². The Hall–Kier alpha value is -1.75. The Morgan fingerprint density at radius 2 is 1.97 bits per heavy atom. The molecule has 5 rings (SSSR count). The van der Waals surface area contributed by atoms with Gasteiger partial charge in [0.2, 0.25) is 10.0 Å². The molecule has 0 atom stereocenters. The molecule has 1 saturated heterocycles. The number of sulfonamides is 1. The van der Waals surface area contributed by atoms with Gasteiger partial charge in [0.25, 0.3) is 5.56 Å². The molecule has 0 spiro atoms. The van der Waals surface area contributed by atoms with Crippen molar-refractivity contribution in [3.05, 3.63) is 44.9 Å². The first-order valence-electron chi connectivity index (χ1n) is 10.1. The Morgan fingerprint density at radius 1 is 1.13 bits per heavy atom. The summed E-state index contributed by atoms with van der Waals surface area (Å²) < 4.78 is 27.0. The SMILES string of the molecule is O=c1[nH]c(CSc2ccc(S(=O)(=O)N3CCCCC3)cn2)nc2sc3c(c12)CCC3. The van der Waals surface area contributed by atoms with Crippen molar-refractivity contribution >= 4 is 43.3 Å². The maximum absolute atomic E-state index is 12.7. The van der Waals surface area contributed by atoms with Gasteiger partial charge in [-0.25, -0.2) is 18.4 Å². The number of hydrogen-bond donors (Lipinski definition) is 1. The zero-order valence-corrected chi connectivity index (χ0v) is 18.8. The molecule has 3 aromatic heterocycles. The lowest BCUT2D eigenvalue weighted by Gasteiger charge is -2.25. The van der Waals surface area contributed by atoms with Gasteiger partial charge in [-0.3, -0.25) is 4.79 Å². The van der Waals surface area contributed by atoms with Crippen LogP contribution in [0.15, 0.2) is 33.0 Å². The van der Waals surface area contributed by atoms with Crippen molar-refractivity contribution in [1.82, 2.24) is 19.3 Å². The second-order valence-corrected chi connectivity index (χ2v) is 11.7. The molecule has 0 amide bonds. The smallest absolute Gasteiger partial charge is 0.259 e. The quantitative estimate of drug-likeness (QED) is 0.584. The lowest BCUT2D eigenvalue weighted by atomic mass is 10.2. The number of thioether (sulfide) groups is 1. The minimum atomic E-state index is -3.47. The minimum absolute atomic E-state index is 0.0640. The van der Waals surface area contributed by atoms with E-state index < -0.39 is 10.0 Å². The fraction of sp³-hybridized carbons (Fsp3) is 0.450. The number of nitrogens with zero attached hydrogens (tertiary/aromatic N) is 3. The standard InChI is InChI=1S/C20H22N4O3S3/c25-19-18-14-5-4-6-15(14)29-20(18)23-16(22-19)12-28-17-8-7-13(11-21-17)30(26,27)24-9-2-1-3-10-24/h7-8,11H,1-6,9-10,12H2,(H,22,23,25). The van der Waals surface area contributed by atoms with Crippen LogP contribution in [0.1, 0.15) is 41.9 Å². The van der Waals surface area contributed by atoms with Crippen LogP contribution in [0.25, 0.3) is 10.2 Å². The number of aromatic amines is 1. The largest absolute Gasteiger partial charge is 0.309 e. The average molecular weight is 463 g/mol. The molecule has 158 valence electrons. The maximum atomic E-state index is 12.7. The summed E-state index contributed by atoms with van der Waals surface area (Å²) in [5, 5.41) is 1.45. The Labute approximate surface area is 183 Å². The van der Waals surface area contributed by atoms with E-state index in [1.807, 2.05) is 0 Å². The monoisotopic (exact) mass is 462 g/mol. The van der Waals surface area contributed by atoms with Crippen molar-refractivity contribution in [3.63, 3.8) is 0 Å². The average Bonchev–Trinajstić information content (AvgIpc) is 3.34. The maximum Gasteiger partial charge on any atom is 0.259 e. The number of rotatable bonds is 5. The minimum Gasteiger partial charge on any atom is -0.309 e. The van der Waals surface area contributed by atoms with E-state index >= 15 is 0 Å². The lowest BCUT2D eigenvalue weighted by molar-refractivity contribution is 0.346. The number of fused-ring (bicyclic) bond motifs is 3. The lowest BCUT2D eigenvalue weighted by Crippen LogP contribution is -2.35. The van der Waals surface area contributed by atoms with Gasteiger partial charge in [-0.1, -0.05) is 18.2 Å². The van der Waals surface area contributed by atoms with Crippen LogP contribution in [-0.2, 0) is 28.6 Å². The van der Waals surface area contributed by atoms with Gasteiger partial charge in [0, 0.05) is 24.2 Å². The van der Waals surface area contributed by atoms with Gasteiger partial charge >= 0.3 is 0 Å². The van der Waals surface area contributed by atoms with Crippen LogP contribution in [-0.4, -0.2) is 40.8 Å². The molecule has 1 aliphatic carbocycles. The third kappa shape index (κ3) is 3.70. The zero-order valence-electron chi connectivity index (χ0n) is 16.4. The number of aryl methyl sites for hydroxylation is 2. The van der Waals surface area contributed by atoms with Crippen molar-refractivity contribution in [2.24, 2.45) is 0 Å². The van der Waals surface area contributed by atoms with Gasteiger partial charge < -0.3 is 4.98 Å². The molecule has 0 aromatic carbocycles. The van der Waals surface area contributed by atoms with Gasteiger partial charge in [0.05, 0.1) is 16.2 Å². The van der Waals surface area contributed by atoms with E-state index in [-0.39, 0.29) is 10.5 Å². The molecule has 1 fully saturated rings. The highest BCUT2D eigenvalue weighted by Crippen LogP contribution is 2.34. The molecule has 2 aliphatic rings. The molecule has 10 heteroatoms. The second kappa shape index (κ2) is 8.07. The van der Waals surface area contributed by atoms with Crippen LogP contribution in [0, 0.1) is 0 Å². The number of H-pyrrole nitrogens is 1. The summed E-state index contributed by atoms with van der Waals surface area (Å²) in [6, 6.07) is 3.33. The van der Waals surface area contributed by atoms with Crippen LogP contribution in [0.4, 0.5) is 0 Å². The van der Waals surface area contributed by atoms with Gasteiger partial charge in [0.1, 0.15) is 15.6 Å². The molecule has 7 nitrogen and oxygen atoms in total. The van der Waals surface area contributed by atoms with E-state index in [0.717, 1.165) is 48.7 Å². The van der Waals surface area contributed by atoms with Gasteiger partial charge in [-0.15, -0.1) is 11.3 Å². The molecular weight excluding hydrogens is 440 g/mol. The fourth-order valence-corrected chi connectivity index (χ4v) is 7.57. The van der Waals surface area contributed by atoms with Crippen LogP contribution >= 0.6 is 23.1 Å². The van der Waals surface area contributed by atoms with E-state index in [4.69, 9.17) is 0 Å². The predicted octanol–water partition coefficient (Wildman–Crippen LogP) is 3.34. The van der Waals surface area contributed by atoms with E-state index in [9.17, 15) is 13.2 Å². The topological polar surface area (TPSA) is 96.0 Å². The van der Waals surface area contributed by atoms with Crippen molar-refractivity contribution in [1.29, 1.82) is 0 Å². The highest BCUT2D eigenvalue weighted by Gasteiger charge is 2.26. The number of thiophene rings is 1. The van der Waals surface area contributed by atoms with E-state index in [1.165, 1.54) is 28.4 Å². The van der Waals surface area contributed by atoms with Gasteiger partial charge in [-0.2, -0.15) is 4.31 Å². The first-order valence-corrected chi connectivity index (χ1v) is 13.4. The summed E-state index contributed by atoms with van der Waals surface area (Å²) >= 11 is 3.06. The van der Waals surface area contributed by atoms with Gasteiger partial charge in [0.15, 0.2) is 0 Å². The number of nitrogens with one attached hydrogen (secondary N) is 1. The summed E-state index contributed by atoms with van der Waals surface area (Å²) in [6.45, 7) is 1.15. The zero-order chi connectivity index (χ0) is 20.7. The van der Waals surface area contributed by atoms with E-state index in [2.05, 4.69) is 15.0 Å².